The summed E-state index contributed by atoms with van der Waals surface area (Å²) in [6.07, 6.45) is 1.04. The molecule has 0 saturated carbocycles. The predicted molar refractivity (Wildman–Crippen MR) is 75.4 cm³/mol. The molecular weight excluding hydrogens is 280 g/mol. The SMILES string of the molecule is COC(C)CCC(=O)NCc1cccc(S(N)(=O)=O)c1. The van der Waals surface area contributed by atoms with Crippen molar-refractivity contribution in [1.29, 1.82) is 0 Å². The quantitative estimate of drug-likeness (QED) is 0.777. The molecule has 0 bridgehead atoms. The van der Waals surface area contributed by atoms with Crippen molar-refractivity contribution < 1.29 is 17.9 Å². The molecule has 1 atom stereocenters. The van der Waals surface area contributed by atoms with E-state index in [-0.39, 0.29) is 23.5 Å². The third kappa shape index (κ3) is 5.68. The molecule has 0 spiro atoms. The van der Waals surface area contributed by atoms with Crippen molar-refractivity contribution in [3.8, 4) is 0 Å². The topological polar surface area (TPSA) is 98.5 Å². The maximum Gasteiger partial charge on any atom is 0.238 e. The van der Waals surface area contributed by atoms with Crippen molar-refractivity contribution in [2.24, 2.45) is 5.14 Å². The fraction of sp³-hybridized carbons (Fsp3) is 0.462. The molecule has 20 heavy (non-hydrogen) atoms. The Morgan fingerprint density at radius 1 is 1.45 bits per heavy atom. The number of methoxy groups -OCH3 is 1. The molecule has 0 radical (unpaired) electrons. The summed E-state index contributed by atoms with van der Waals surface area (Å²) in [4.78, 5) is 11.6. The van der Waals surface area contributed by atoms with E-state index in [1.807, 2.05) is 6.92 Å². The Morgan fingerprint density at radius 2 is 2.15 bits per heavy atom. The lowest BCUT2D eigenvalue weighted by Gasteiger charge is -2.09. The second-order valence-electron chi connectivity index (χ2n) is 4.55. The molecule has 3 N–H and O–H groups in total. The molecular formula is C13H20N2O4S. The van der Waals surface area contributed by atoms with E-state index in [2.05, 4.69) is 5.32 Å². The average Bonchev–Trinajstić information content (AvgIpc) is 2.41. The molecule has 1 rings (SSSR count). The number of primary sulfonamides is 1. The first-order chi connectivity index (χ1) is 9.32. The second-order valence-corrected chi connectivity index (χ2v) is 6.12. The maximum absolute atomic E-state index is 11.6. The van der Waals surface area contributed by atoms with Crippen LogP contribution in [0.15, 0.2) is 29.2 Å². The Bertz CT molecular complexity index is 557. The molecule has 0 aromatic heterocycles. The van der Waals surface area contributed by atoms with Crippen molar-refractivity contribution in [2.45, 2.75) is 37.3 Å². The summed E-state index contributed by atoms with van der Waals surface area (Å²) in [6, 6.07) is 6.19. The van der Waals surface area contributed by atoms with Crippen LogP contribution in [-0.4, -0.2) is 27.5 Å². The number of rotatable bonds is 7. The van der Waals surface area contributed by atoms with Crippen LogP contribution in [-0.2, 0) is 26.1 Å². The van der Waals surface area contributed by atoms with Gasteiger partial charge in [-0.05, 0) is 31.0 Å². The van der Waals surface area contributed by atoms with Gasteiger partial charge >= 0.3 is 0 Å². The number of sulfonamides is 1. The van der Waals surface area contributed by atoms with Crippen LogP contribution in [0.1, 0.15) is 25.3 Å². The lowest BCUT2D eigenvalue weighted by atomic mass is 10.2. The lowest BCUT2D eigenvalue weighted by molar-refractivity contribution is -0.121. The Hall–Kier alpha value is -1.44. The molecule has 1 aromatic carbocycles. The Kier molecular flexibility index (Phi) is 6.12. The minimum absolute atomic E-state index is 0.0338. The van der Waals surface area contributed by atoms with Gasteiger partial charge in [-0.1, -0.05) is 12.1 Å². The summed E-state index contributed by atoms with van der Waals surface area (Å²) in [7, 11) is -2.12. The van der Waals surface area contributed by atoms with Crippen molar-refractivity contribution >= 4 is 15.9 Å². The normalized spacial score (nSPS) is 12.9. The van der Waals surface area contributed by atoms with Gasteiger partial charge in [0.05, 0.1) is 11.0 Å². The Labute approximate surface area is 119 Å². The summed E-state index contributed by atoms with van der Waals surface area (Å²) < 4.78 is 27.5. The van der Waals surface area contributed by atoms with Crippen LogP contribution < -0.4 is 10.5 Å². The van der Waals surface area contributed by atoms with Crippen LogP contribution in [0.25, 0.3) is 0 Å². The molecule has 1 amide bonds. The summed E-state index contributed by atoms with van der Waals surface area (Å²) in [6.45, 7) is 2.16. The van der Waals surface area contributed by atoms with E-state index in [1.165, 1.54) is 12.1 Å². The minimum atomic E-state index is -3.72. The minimum Gasteiger partial charge on any atom is -0.382 e. The monoisotopic (exact) mass is 300 g/mol. The molecule has 112 valence electrons. The molecule has 0 fully saturated rings. The van der Waals surface area contributed by atoms with E-state index in [1.54, 1.807) is 19.2 Å². The number of carbonyl (C=O) groups excluding carboxylic acids is 1. The highest BCUT2D eigenvalue weighted by Crippen LogP contribution is 2.09. The lowest BCUT2D eigenvalue weighted by Crippen LogP contribution is -2.24. The number of carbonyl (C=O) groups is 1. The molecule has 0 aliphatic carbocycles. The van der Waals surface area contributed by atoms with Gasteiger partial charge < -0.3 is 10.1 Å². The fourth-order valence-electron chi connectivity index (χ4n) is 1.57. The number of nitrogens with one attached hydrogen (secondary N) is 1. The van der Waals surface area contributed by atoms with Crippen LogP contribution in [0.2, 0.25) is 0 Å². The van der Waals surface area contributed by atoms with E-state index in [9.17, 15) is 13.2 Å². The van der Waals surface area contributed by atoms with Crippen molar-refractivity contribution in [3.63, 3.8) is 0 Å². The zero-order valence-electron chi connectivity index (χ0n) is 11.6. The summed E-state index contributed by atoms with van der Waals surface area (Å²) in [5.74, 6) is -0.102. The van der Waals surface area contributed by atoms with Crippen LogP contribution >= 0.6 is 0 Å². The number of amides is 1. The average molecular weight is 300 g/mol. The molecule has 6 nitrogen and oxygen atoms in total. The van der Waals surface area contributed by atoms with E-state index < -0.39 is 10.0 Å². The molecule has 1 aromatic rings. The summed E-state index contributed by atoms with van der Waals surface area (Å²) in [5.41, 5.74) is 0.685. The largest absolute Gasteiger partial charge is 0.382 e. The fourth-order valence-corrected chi connectivity index (χ4v) is 2.16. The van der Waals surface area contributed by atoms with Crippen LogP contribution in [0.4, 0.5) is 0 Å². The van der Waals surface area contributed by atoms with Crippen LogP contribution in [0.5, 0.6) is 0 Å². The Morgan fingerprint density at radius 3 is 2.75 bits per heavy atom. The van der Waals surface area contributed by atoms with Crippen molar-refractivity contribution in [3.05, 3.63) is 29.8 Å². The van der Waals surface area contributed by atoms with E-state index in [4.69, 9.17) is 9.88 Å². The summed E-state index contributed by atoms with van der Waals surface area (Å²) >= 11 is 0. The van der Waals surface area contributed by atoms with Gasteiger partial charge in [0.15, 0.2) is 0 Å². The van der Waals surface area contributed by atoms with Gasteiger partial charge in [-0.15, -0.1) is 0 Å². The molecule has 7 heteroatoms. The highest BCUT2D eigenvalue weighted by Gasteiger charge is 2.09. The highest BCUT2D eigenvalue weighted by atomic mass is 32.2. The molecule has 0 aliphatic rings. The van der Waals surface area contributed by atoms with Gasteiger partial charge in [-0.25, -0.2) is 13.6 Å². The molecule has 0 heterocycles. The first-order valence-electron chi connectivity index (χ1n) is 6.24. The van der Waals surface area contributed by atoms with Gasteiger partial charge in [0.1, 0.15) is 0 Å². The molecule has 0 saturated heterocycles. The predicted octanol–water partition coefficient (Wildman–Crippen LogP) is 0.765. The first kappa shape index (κ1) is 16.6. The maximum atomic E-state index is 11.6. The van der Waals surface area contributed by atoms with Crippen molar-refractivity contribution in [2.75, 3.05) is 7.11 Å². The highest BCUT2D eigenvalue weighted by molar-refractivity contribution is 7.89. The molecule has 0 aliphatic heterocycles. The Balaban J connectivity index is 2.52. The first-order valence-corrected chi connectivity index (χ1v) is 7.79. The number of hydrogen-bond donors (Lipinski definition) is 2. The number of benzene rings is 1. The zero-order chi connectivity index (χ0) is 15.2. The smallest absolute Gasteiger partial charge is 0.238 e. The third-order valence-electron chi connectivity index (χ3n) is 2.90. The number of ether oxygens (including phenoxy) is 1. The summed E-state index contributed by atoms with van der Waals surface area (Å²) in [5, 5.41) is 7.78. The molecule has 1 unspecified atom stereocenters. The van der Waals surface area contributed by atoms with Gasteiger partial charge in [0.25, 0.3) is 0 Å². The van der Waals surface area contributed by atoms with Gasteiger partial charge in [-0.3, -0.25) is 4.79 Å². The standard InChI is InChI=1S/C13H20N2O4S/c1-10(19-2)6-7-13(16)15-9-11-4-3-5-12(8-11)20(14,17)18/h3-5,8,10H,6-7,9H2,1-2H3,(H,15,16)(H2,14,17,18). The van der Waals surface area contributed by atoms with Crippen LogP contribution in [0, 0.1) is 0 Å². The van der Waals surface area contributed by atoms with Gasteiger partial charge in [0.2, 0.25) is 15.9 Å². The zero-order valence-corrected chi connectivity index (χ0v) is 12.4. The van der Waals surface area contributed by atoms with E-state index >= 15 is 0 Å². The van der Waals surface area contributed by atoms with Gasteiger partial charge in [-0.2, -0.15) is 0 Å². The number of nitrogens with two attached hydrogens (primary N) is 1. The van der Waals surface area contributed by atoms with Crippen molar-refractivity contribution in [1.82, 2.24) is 5.32 Å². The van der Waals surface area contributed by atoms with E-state index in [0.717, 1.165) is 0 Å². The second kappa shape index (κ2) is 7.37. The number of hydrogen-bond acceptors (Lipinski definition) is 4. The third-order valence-corrected chi connectivity index (χ3v) is 3.81. The van der Waals surface area contributed by atoms with E-state index in [0.29, 0.717) is 18.4 Å². The van der Waals surface area contributed by atoms with Gasteiger partial charge in [0, 0.05) is 20.1 Å². The van der Waals surface area contributed by atoms with Crippen LogP contribution in [0.3, 0.4) is 0 Å².